The van der Waals surface area contributed by atoms with E-state index in [2.05, 4.69) is 38.8 Å². The molecule has 2 heteroatoms. The molecule has 0 aromatic carbocycles. The highest BCUT2D eigenvalue weighted by atomic mass is 79.9. The summed E-state index contributed by atoms with van der Waals surface area (Å²) in [7, 11) is 0. The highest BCUT2D eigenvalue weighted by molar-refractivity contribution is 9.13. The molecule has 1 aliphatic carbocycles. The summed E-state index contributed by atoms with van der Waals surface area (Å²) >= 11 is 7.35. The molecular formula is C8H14Br2. The van der Waals surface area contributed by atoms with Crippen LogP contribution in [-0.2, 0) is 0 Å². The molecule has 10 heavy (non-hydrogen) atoms. The van der Waals surface area contributed by atoms with Crippen molar-refractivity contribution in [2.75, 3.05) is 0 Å². The summed E-state index contributed by atoms with van der Waals surface area (Å²) in [5.41, 5.74) is 0. The fraction of sp³-hybridized carbons (Fsp3) is 1.00. The van der Waals surface area contributed by atoms with Crippen LogP contribution in [-0.4, -0.2) is 9.15 Å². The van der Waals surface area contributed by atoms with E-state index in [1.165, 1.54) is 32.1 Å². The Bertz CT molecular complexity index is 114. The zero-order valence-electron chi connectivity index (χ0n) is 6.37. The Hall–Kier alpha value is 0.960. The van der Waals surface area contributed by atoms with E-state index in [0.717, 1.165) is 4.83 Å². The van der Waals surface area contributed by atoms with Gasteiger partial charge in [-0.25, -0.2) is 0 Å². The number of hydrogen-bond donors (Lipinski definition) is 0. The molecule has 0 radical (unpaired) electrons. The van der Waals surface area contributed by atoms with Crippen molar-refractivity contribution in [3.8, 4) is 0 Å². The van der Waals surface area contributed by atoms with Crippen molar-refractivity contribution in [2.24, 2.45) is 0 Å². The van der Waals surface area contributed by atoms with Crippen molar-refractivity contribution in [2.45, 2.75) is 48.2 Å². The first-order valence-corrected chi connectivity index (χ1v) is 5.73. The van der Waals surface area contributed by atoms with Crippen LogP contribution in [0.1, 0.15) is 39.0 Å². The number of halogens is 2. The minimum Gasteiger partial charge on any atom is -0.0875 e. The second-order valence-electron chi connectivity index (χ2n) is 3.16. The molecule has 0 spiro atoms. The summed E-state index contributed by atoms with van der Waals surface area (Å²) in [6, 6.07) is 0. The van der Waals surface area contributed by atoms with Crippen molar-refractivity contribution in [1.82, 2.24) is 0 Å². The Morgan fingerprint density at radius 1 is 1.50 bits per heavy atom. The Balaban J connectivity index is 2.03. The Morgan fingerprint density at radius 3 is 2.50 bits per heavy atom. The molecule has 1 aliphatic rings. The van der Waals surface area contributed by atoms with E-state index in [4.69, 9.17) is 0 Å². The summed E-state index contributed by atoms with van der Waals surface area (Å²) < 4.78 is 0.488. The van der Waals surface area contributed by atoms with Crippen LogP contribution in [0.15, 0.2) is 0 Å². The average Bonchev–Trinajstić information content (AvgIpc) is 2.42. The molecule has 0 N–H and O–H groups in total. The molecule has 1 rings (SSSR count). The highest BCUT2D eigenvalue weighted by Crippen LogP contribution is 2.53. The van der Waals surface area contributed by atoms with E-state index in [1.54, 1.807) is 0 Å². The van der Waals surface area contributed by atoms with Gasteiger partial charge < -0.3 is 0 Å². The standard InChI is InChI=1S/C8H14Br2/c1-2-3-4-5-8(10)6-7(8)9/h7H,2-6H2,1H3/t7-,8-/m0/s1. The maximum absolute atomic E-state index is 3.74. The molecule has 2 atom stereocenters. The van der Waals surface area contributed by atoms with E-state index >= 15 is 0 Å². The lowest BCUT2D eigenvalue weighted by molar-refractivity contribution is 0.651. The first kappa shape index (κ1) is 9.05. The van der Waals surface area contributed by atoms with E-state index in [1.807, 2.05) is 0 Å². The van der Waals surface area contributed by atoms with Gasteiger partial charge in [-0.3, -0.25) is 0 Å². The van der Waals surface area contributed by atoms with Crippen LogP contribution in [0, 0.1) is 0 Å². The van der Waals surface area contributed by atoms with Crippen LogP contribution in [0.3, 0.4) is 0 Å². The van der Waals surface area contributed by atoms with E-state index in [-0.39, 0.29) is 0 Å². The highest BCUT2D eigenvalue weighted by Gasteiger charge is 2.49. The topological polar surface area (TPSA) is 0 Å². The molecule has 0 unspecified atom stereocenters. The summed E-state index contributed by atoms with van der Waals surface area (Å²) in [5.74, 6) is 0. The van der Waals surface area contributed by atoms with E-state index in [0.29, 0.717) is 4.32 Å². The van der Waals surface area contributed by atoms with Crippen LogP contribution in [0.5, 0.6) is 0 Å². The summed E-state index contributed by atoms with van der Waals surface area (Å²) in [6.45, 7) is 2.25. The van der Waals surface area contributed by atoms with Gasteiger partial charge in [0.25, 0.3) is 0 Å². The second-order valence-corrected chi connectivity index (χ2v) is 5.85. The SMILES string of the molecule is CCCCC[C@]1(Br)C[C@@H]1Br. The maximum Gasteiger partial charge on any atom is 0.0394 e. The molecule has 0 aromatic heterocycles. The third kappa shape index (κ3) is 2.23. The predicted octanol–water partition coefficient (Wildman–Crippen LogP) is 3.87. The molecule has 0 heterocycles. The normalized spacial score (nSPS) is 38.1. The van der Waals surface area contributed by atoms with Gasteiger partial charge in [0.2, 0.25) is 0 Å². The zero-order chi connectivity index (χ0) is 7.61. The van der Waals surface area contributed by atoms with Gasteiger partial charge in [0.05, 0.1) is 0 Å². The quantitative estimate of drug-likeness (QED) is 0.537. The molecular weight excluding hydrogens is 256 g/mol. The Kier molecular flexibility index (Phi) is 3.23. The lowest BCUT2D eigenvalue weighted by Crippen LogP contribution is -2.00. The molecule has 1 saturated carbocycles. The van der Waals surface area contributed by atoms with Gasteiger partial charge in [-0.2, -0.15) is 0 Å². The van der Waals surface area contributed by atoms with Crippen LogP contribution in [0.4, 0.5) is 0 Å². The minimum absolute atomic E-state index is 0.488. The summed E-state index contributed by atoms with van der Waals surface area (Å²) in [6.07, 6.45) is 6.75. The number of rotatable bonds is 4. The van der Waals surface area contributed by atoms with Gasteiger partial charge in [-0.1, -0.05) is 58.0 Å². The van der Waals surface area contributed by atoms with Gasteiger partial charge in [0.15, 0.2) is 0 Å². The molecule has 60 valence electrons. The lowest BCUT2D eigenvalue weighted by Gasteiger charge is -2.04. The van der Waals surface area contributed by atoms with Crippen LogP contribution < -0.4 is 0 Å². The monoisotopic (exact) mass is 268 g/mol. The fourth-order valence-corrected chi connectivity index (χ4v) is 3.01. The second kappa shape index (κ2) is 3.57. The Labute approximate surface area is 80.0 Å². The maximum atomic E-state index is 3.74. The first-order valence-electron chi connectivity index (χ1n) is 4.02. The van der Waals surface area contributed by atoms with Gasteiger partial charge in [-0.05, 0) is 12.8 Å². The molecule has 0 aromatic rings. The van der Waals surface area contributed by atoms with Crippen molar-refractivity contribution < 1.29 is 0 Å². The van der Waals surface area contributed by atoms with Gasteiger partial charge >= 0.3 is 0 Å². The predicted molar refractivity (Wildman–Crippen MR) is 53.1 cm³/mol. The van der Waals surface area contributed by atoms with Crippen LogP contribution >= 0.6 is 31.9 Å². The molecule has 0 bridgehead atoms. The molecule has 0 nitrogen and oxygen atoms in total. The fourth-order valence-electron chi connectivity index (χ4n) is 1.17. The molecule has 0 saturated heterocycles. The third-order valence-corrected chi connectivity index (χ3v) is 5.20. The molecule has 0 aliphatic heterocycles. The van der Waals surface area contributed by atoms with Crippen molar-refractivity contribution in [3.63, 3.8) is 0 Å². The zero-order valence-corrected chi connectivity index (χ0v) is 9.54. The van der Waals surface area contributed by atoms with E-state index in [9.17, 15) is 0 Å². The lowest BCUT2D eigenvalue weighted by atomic mass is 10.1. The smallest absolute Gasteiger partial charge is 0.0394 e. The van der Waals surface area contributed by atoms with Crippen LogP contribution in [0.25, 0.3) is 0 Å². The average molecular weight is 270 g/mol. The van der Waals surface area contributed by atoms with Gasteiger partial charge in [0, 0.05) is 9.15 Å². The summed E-state index contributed by atoms with van der Waals surface area (Å²) in [4.78, 5) is 0.747. The Morgan fingerprint density at radius 2 is 2.10 bits per heavy atom. The number of alkyl halides is 2. The number of hydrogen-bond acceptors (Lipinski definition) is 0. The minimum atomic E-state index is 0.488. The molecule has 0 amide bonds. The van der Waals surface area contributed by atoms with Gasteiger partial charge in [0.1, 0.15) is 0 Å². The third-order valence-electron chi connectivity index (χ3n) is 2.12. The number of unbranched alkanes of at least 4 members (excludes halogenated alkanes) is 2. The molecule has 1 fully saturated rings. The first-order chi connectivity index (χ1) is 4.69. The van der Waals surface area contributed by atoms with Gasteiger partial charge in [-0.15, -0.1) is 0 Å². The largest absolute Gasteiger partial charge is 0.0875 e. The van der Waals surface area contributed by atoms with E-state index < -0.39 is 0 Å². The summed E-state index contributed by atoms with van der Waals surface area (Å²) in [5, 5.41) is 0. The van der Waals surface area contributed by atoms with Crippen molar-refractivity contribution in [1.29, 1.82) is 0 Å². The van der Waals surface area contributed by atoms with Crippen molar-refractivity contribution in [3.05, 3.63) is 0 Å². The van der Waals surface area contributed by atoms with Crippen LogP contribution in [0.2, 0.25) is 0 Å². The van der Waals surface area contributed by atoms with Crippen molar-refractivity contribution >= 4 is 31.9 Å².